The summed E-state index contributed by atoms with van der Waals surface area (Å²) in [5, 5.41) is 16.7. The lowest BCUT2D eigenvalue weighted by Crippen LogP contribution is -2.42. The second-order valence-corrected chi connectivity index (χ2v) is 5.07. The summed E-state index contributed by atoms with van der Waals surface area (Å²) in [4.78, 5) is 14.2. The highest BCUT2D eigenvalue weighted by atomic mass is 16.3. The second kappa shape index (κ2) is 6.16. The predicted octanol–water partition coefficient (Wildman–Crippen LogP) is -0.0850. The van der Waals surface area contributed by atoms with Gasteiger partial charge in [0, 0.05) is 32.4 Å². The van der Waals surface area contributed by atoms with Crippen LogP contribution in [0.5, 0.6) is 0 Å². The summed E-state index contributed by atoms with van der Waals surface area (Å²) in [5.41, 5.74) is 1.35. The largest absolute Gasteiger partial charge is 0.395 e. The summed E-state index contributed by atoms with van der Waals surface area (Å²) >= 11 is 0. The van der Waals surface area contributed by atoms with E-state index >= 15 is 0 Å². The number of nitrogens with one attached hydrogen (secondary N) is 1. The molecule has 1 aliphatic rings. The number of carbonyl (C=O) groups excluding carboxylic acids is 1. The van der Waals surface area contributed by atoms with Crippen molar-refractivity contribution in [3.63, 3.8) is 0 Å². The minimum absolute atomic E-state index is 0.0161. The highest BCUT2D eigenvalue weighted by molar-refractivity contribution is 5.95. The van der Waals surface area contributed by atoms with Crippen molar-refractivity contribution in [3.8, 4) is 0 Å². The Kier molecular flexibility index (Phi) is 4.55. The molecule has 1 amide bonds. The molecule has 1 unspecified atom stereocenters. The molecule has 1 fully saturated rings. The third kappa shape index (κ3) is 3.33. The Hall–Kier alpha value is -1.40. The molecule has 0 bridgehead atoms. The maximum absolute atomic E-state index is 12.5. The average Bonchev–Trinajstić information content (AvgIpc) is 2.97. The maximum atomic E-state index is 12.5. The average molecular weight is 266 g/mol. The maximum Gasteiger partial charge on any atom is 0.257 e. The van der Waals surface area contributed by atoms with Crippen LogP contribution >= 0.6 is 0 Å². The highest BCUT2D eigenvalue weighted by Crippen LogP contribution is 2.12. The van der Waals surface area contributed by atoms with Crippen molar-refractivity contribution in [3.05, 3.63) is 17.5 Å². The van der Waals surface area contributed by atoms with E-state index in [1.165, 1.54) is 0 Å². The standard InChI is InChI=1S/C13H22N4O2/c1-10-12(9-16(2)15-10)13(19)17(6-7-18)8-11-4-3-5-14-11/h9,11,14,18H,3-8H2,1-2H3. The van der Waals surface area contributed by atoms with Gasteiger partial charge in [-0.15, -0.1) is 0 Å². The fourth-order valence-corrected chi connectivity index (χ4v) is 2.55. The molecule has 1 aromatic rings. The molecule has 1 atom stereocenters. The Morgan fingerprint density at radius 2 is 2.47 bits per heavy atom. The normalized spacial score (nSPS) is 18.8. The van der Waals surface area contributed by atoms with Gasteiger partial charge in [-0.2, -0.15) is 5.10 Å². The molecule has 2 N–H and O–H groups in total. The first-order chi connectivity index (χ1) is 9.11. The zero-order valence-corrected chi connectivity index (χ0v) is 11.6. The zero-order valence-electron chi connectivity index (χ0n) is 11.6. The van der Waals surface area contributed by atoms with Gasteiger partial charge in [-0.05, 0) is 26.3 Å². The zero-order chi connectivity index (χ0) is 13.8. The van der Waals surface area contributed by atoms with Crippen LogP contribution in [0.1, 0.15) is 28.9 Å². The molecule has 0 spiro atoms. The molecule has 0 radical (unpaired) electrons. The number of aliphatic hydroxyl groups is 1. The van der Waals surface area contributed by atoms with Crippen LogP contribution < -0.4 is 5.32 Å². The van der Waals surface area contributed by atoms with E-state index in [1.54, 1.807) is 22.8 Å². The van der Waals surface area contributed by atoms with Crippen molar-refractivity contribution in [1.82, 2.24) is 20.0 Å². The Morgan fingerprint density at radius 3 is 3.00 bits per heavy atom. The molecule has 2 rings (SSSR count). The molecule has 1 aromatic heterocycles. The summed E-state index contributed by atoms with van der Waals surface area (Å²) in [6.45, 7) is 3.84. The van der Waals surface area contributed by atoms with Crippen LogP contribution in [-0.2, 0) is 7.05 Å². The molecule has 1 saturated heterocycles. The van der Waals surface area contributed by atoms with Gasteiger partial charge < -0.3 is 15.3 Å². The van der Waals surface area contributed by atoms with Crippen LogP contribution in [0.2, 0.25) is 0 Å². The van der Waals surface area contributed by atoms with Crippen molar-refractivity contribution < 1.29 is 9.90 Å². The molecule has 0 aromatic carbocycles. The number of rotatable bonds is 5. The minimum Gasteiger partial charge on any atom is -0.395 e. The van der Waals surface area contributed by atoms with Crippen LogP contribution in [0.4, 0.5) is 0 Å². The first-order valence-corrected chi connectivity index (χ1v) is 6.75. The third-order valence-corrected chi connectivity index (χ3v) is 3.50. The van der Waals surface area contributed by atoms with Gasteiger partial charge in [0.05, 0.1) is 17.9 Å². The first-order valence-electron chi connectivity index (χ1n) is 6.75. The van der Waals surface area contributed by atoms with E-state index in [9.17, 15) is 4.79 Å². The Balaban J connectivity index is 2.08. The first kappa shape index (κ1) is 14.0. The van der Waals surface area contributed by atoms with Crippen molar-refractivity contribution in [2.45, 2.75) is 25.8 Å². The Labute approximate surface area is 113 Å². The summed E-state index contributed by atoms with van der Waals surface area (Å²) < 4.78 is 1.65. The van der Waals surface area contributed by atoms with Crippen LogP contribution in [0.3, 0.4) is 0 Å². The quantitative estimate of drug-likeness (QED) is 0.782. The number of hydrogen-bond acceptors (Lipinski definition) is 4. The number of carbonyl (C=O) groups is 1. The van der Waals surface area contributed by atoms with Gasteiger partial charge in [-0.25, -0.2) is 0 Å². The summed E-state index contributed by atoms with van der Waals surface area (Å²) in [6, 6.07) is 0.340. The third-order valence-electron chi connectivity index (χ3n) is 3.50. The molecule has 0 aliphatic carbocycles. The van der Waals surface area contributed by atoms with E-state index in [0.717, 1.165) is 25.1 Å². The van der Waals surface area contributed by atoms with Gasteiger partial charge in [-0.3, -0.25) is 9.48 Å². The van der Waals surface area contributed by atoms with Crippen molar-refractivity contribution in [2.75, 3.05) is 26.2 Å². The van der Waals surface area contributed by atoms with Crippen LogP contribution in [0.15, 0.2) is 6.20 Å². The van der Waals surface area contributed by atoms with E-state index in [1.807, 2.05) is 6.92 Å². The van der Waals surface area contributed by atoms with Crippen molar-refractivity contribution in [2.24, 2.45) is 7.05 Å². The molecule has 2 heterocycles. The number of aryl methyl sites for hydroxylation is 2. The van der Waals surface area contributed by atoms with E-state index < -0.39 is 0 Å². The lowest BCUT2D eigenvalue weighted by molar-refractivity contribution is 0.0706. The molecule has 106 valence electrons. The number of aliphatic hydroxyl groups excluding tert-OH is 1. The van der Waals surface area contributed by atoms with Crippen molar-refractivity contribution in [1.29, 1.82) is 0 Å². The second-order valence-electron chi connectivity index (χ2n) is 5.07. The molecule has 6 heteroatoms. The monoisotopic (exact) mass is 266 g/mol. The molecule has 6 nitrogen and oxygen atoms in total. The van der Waals surface area contributed by atoms with Gasteiger partial charge in [0.15, 0.2) is 0 Å². The molecule has 0 saturated carbocycles. The summed E-state index contributed by atoms with van der Waals surface area (Å²) in [6.07, 6.45) is 3.98. The molecular weight excluding hydrogens is 244 g/mol. The number of aromatic nitrogens is 2. The van der Waals surface area contributed by atoms with E-state index in [0.29, 0.717) is 24.7 Å². The van der Waals surface area contributed by atoms with Gasteiger partial charge in [0.2, 0.25) is 0 Å². The molecule has 19 heavy (non-hydrogen) atoms. The smallest absolute Gasteiger partial charge is 0.257 e. The van der Waals surface area contributed by atoms with E-state index in [-0.39, 0.29) is 12.5 Å². The summed E-state index contributed by atoms with van der Waals surface area (Å²) in [5.74, 6) is -0.0478. The Bertz CT molecular complexity index is 438. The van der Waals surface area contributed by atoms with Crippen LogP contribution in [0.25, 0.3) is 0 Å². The fourth-order valence-electron chi connectivity index (χ4n) is 2.55. The lowest BCUT2D eigenvalue weighted by atomic mass is 10.2. The lowest BCUT2D eigenvalue weighted by Gasteiger charge is -2.25. The Morgan fingerprint density at radius 1 is 1.68 bits per heavy atom. The molecular formula is C13H22N4O2. The van der Waals surface area contributed by atoms with Gasteiger partial charge >= 0.3 is 0 Å². The van der Waals surface area contributed by atoms with Crippen molar-refractivity contribution >= 4 is 5.91 Å². The predicted molar refractivity (Wildman–Crippen MR) is 72.0 cm³/mol. The van der Waals surface area contributed by atoms with E-state index in [4.69, 9.17) is 5.11 Å². The minimum atomic E-state index is -0.0478. The van der Waals surface area contributed by atoms with Gasteiger partial charge in [0.25, 0.3) is 5.91 Å². The SMILES string of the molecule is Cc1nn(C)cc1C(=O)N(CCO)CC1CCCN1. The number of amides is 1. The van der Waals surface area contributed by atoms with E-state index in [2.05, 4.69) is 10.4 Å². The van der Waals surface area contributed by atoms with Gasteiger partial charge in [0.1, 0.15) is 0 Å². The topological polar surface area (TPSA) is 70.4 Å². The fraction of sp³-hybridized carbons (Fsp3) is 0.692. The summed E-state index contributed by atoms with van der Waals surface area (Å²) in [7, 11) is 1.80. The molecule has 1 aliphatic heterocycles. The number of nitrogens with zero attached hydrogens (tertiary/aromatic N) is 3. The number of hydrogen-bond donors (Lipinski definition) is 2. The van der Waals surface area contributed by atoms with Crippen LogP contribution in [0, 0.1) is 6.92 Å². The highest BCUT2D eigenvalue weighted by Gasteiger charge is 2.24. The van der Waals surface area contributed by atoms with Crippen LogP contribution in [-0.4, -0.2) is 58.0 Å². The van der Waals surface area contributed by atoms with Gasteiger partial charge in [-0.1, -0.05) is 0 Å².